The van der Waals surface area contributed by atoms with Gasteiger partial charge in [-0.25, -0.2) is 4.98 Å². The van der Waals surface area contributed by atoms with Crippen LogP contribution in [0.1, 0.15) is 30.3 Å². The van der Waals surface area contributed by atoms with Crippen molar-refractivity contribution < 1.29 is 4.74 Å². The summed E-state index contributed by atoms with van der Waals surface area (Å²) in [5.41, 5.74) is 8.63. The Morgan fingerprint density at radius 3 is 2.94 bits per heavy atom. The highest BCUT2D eigenvalue weighted by molar-refractivity contribution is 7.99. The number of piperidine rings is 1. The molecule has 0 amide bonds. The lowest BCUT2D eigenvalue weighted by Crippen LogP contribution is -2.35. The first-order valence-electron chi connectivity index (χ1n) is 11.1. The predicted molar refractivity (Wildman–Crippen MR) is 132 cm³/mol. The molecule has 8 nitrogen and oxygen atoms in total. The quantitative estimate of drug-likeness (QED) is 0.117. The SMILES string of the molecule is CN1CCC(OC(c2cccc(SCCN=C(N)NC#N)c2)c2nc3ccccc3[nH]2)CC1. The average molecular weight is 464 g/mol. The highest BCUT2D eigenvalue weighted by Gasteiger charge is 2.26. The first-order chi connectivity index (χ1) is 16.1. The summed E-state index contributed by atoms with van der Waals surface area (Å²) in [7, 11) is 2.15. The van der Waals surface area contributed by atoms with E-state index in [1.807, 2.05) is 24.3 Å². The molecule has 0 saturated carbocycles. The zero-order chi connectivity index (χ0) is 23.0. The van der Waals surface area contributed by atoms with Crippen molar-refractivity contribution in [3.63, 3.8) is 0 Å². The fraction of sp³-hybridized carbons (Fsp3) is 0.375. The Balaban J connectivity index is 1.53. The Kier molecular flexibility index (Phi) is 7.83. The molecule has 0 aliphatic carbocycles. The Bertz CT molecular complexity index is 1100. The molecule has 1 fully saturated rings. The van der Waals surface area contributed by atoms with Gasteiger partial charge in [-0.2, -0.15) is 5.26 Å². The number of nitriles is 1. The molecule has 4 N–H and O–H groups in total. The van der Waals surface area contributed by atoms with Gasteiger partial charge in [-0.1, -0.05) is 24.3 Å². The molecule has 1 unspecified atom stereocenters. The predicted octanol–water partition coefficient (Wildman–Crippen LogP) is 3.24. The molecule has 3 aromatic rings. The van der Waals surface area contributed by atoms with E-state index >= 15 is 0 Å². The zero-order valence-corrected chi connectivity index (χ0v) is 19.5. The molecule has 1 aromatic heterocycles. The summed E-state index contributed by atoms with van der Waals surface area (Å²) in [5.74, 6) is 1.73. The lowest BCUT2D eigenvalue weighted by molar-refractivity contribution is -0.0264. The van der Waals surface area contributed by atoms with Gasteiger partial charge in [0.1, 0.15) is 11.9 Å². The molecule has 172 valence electrons. The van der Waals surface area contributed by atoms with Crippen LogP contribution < -0.4 is 11.1 Å². The number of likely N-dealkylation sites (tertiary alicyclic amines) is 1. The smallest absolute Gasteiger partial charge is 0.202 e. The van der Waals surface area contributed by atoms with Crippen molar-refractivity contribution in [3.05, 3.63) is 59.9 Å². The van der Waals surface area contributed by atoms with Crippen LogP contribution in [0.5, 0.6) is 0 Å². The first-order valence-corrected chi connectivity index (χ1v) is 12.1. The van der Waals surface area contributed by atoms with Gasteiger partial charge in [-0.3, -0.25) is 10.3 Å². The third-order valence-electron chi connectivity index (χ3n) is 5.64. The van der Waals surface area contributed by atoms with E-state index in [9.17, 15) is 0 Å². The topological polar surface area (TPSA) is 115 Å². The summed E-state index contributed by atoms with van der Waals surface area (Å²) in [4.78, 5) is 15.9. The zero-order valence-electron chi connectivity index (χ0n) is 18.7. The number of aliphatic imine (C=N–C) groups is 1. The molecule has 0 radical (unpaired) electrons. The summed E-state index contributed by atoms with van der Waals surface area (Å²) in [6.07, 6.45) is 3.72. The summed E-state index contributed by atoms with van der Waals surface area (Å²) in [6.45, 7) is 2.60. The number of guanidine groups is 1. The van der Waals surface area contributed by atoms with Crippen LogP contribution >= 0.6 is 11.8 Å². The van der Waals surface area contributed by atoms with Crippen molar-refractivity contribution in [2.75, 3.05) is 32.4 Å². The maximum absolute atomic E-state index is 8.58. The number of nitrogens with two attached hydrogens (primary N) is 1. The Labute approximate surface area is 198 Å². The summed E-state index contributed by atoms with van der Waals surface area (Å²) >= 11 is 1.69. The number of hydrogen-bond acceptors (Lipinski definition) is 6. The number of fused-ring (bicyclic) bond motifs is 1. The standard InChI is InChI=1S/C24H29N7OS/c1-31-12-9-18(10-13-31)32-22(23-29-20-7-2-3-8-21(20)30-23)17-5-4-6-19(15-17)33-14-11-27-24(26)28-16-25/h2-8,15,18,22H,9-14H2,1H3,(H,29,30)(H3,26,27,28). The fourth-order valence-electron chi connectivity index (χ4n) is 3.90. The number of hydrogen-bond donors (Lipinski definition) is 3. The van der Waals surface area contributed by atoms with Gasteiger partial charge in [0, 0.05) is 23.7 Å². The number of imidazole rings is 1. The monoisotopic (exact) mass is 463 g/mol. The van der Waals surface area contributed by atoms with Crippen molar-refractivity contribution in [2.24, 2.45) is 10.7 Å². The van der Waals surface area contributed by atoms with Crippen LogP contribution in [-0.4, -0.2) is 59.4 Å². The lowest BCUT2D eigenvalue weighted by Gasteiger charge is -2.31. The first kappa shape index (κ1) is 23.1. The number of rotatable bonds is 8. The minimum Gasteiger partial charge on any atom is -0.369 e. The van der Waals surface area contributed by atoms with Gasteiger partial charge in [0.15, 0.2) is 6.19 Å². The minimum absolute atomic E-state index is 0.142. The van der Waals surface area contributed by atoms with Crippen LogP contribution in [-0.2, 0) is 4.74 Å². The molecule has 2 heterocycles. The number of thioether (sulfide) groups is 1. The van der Waals surface area contributed by atoms with Crippen LogP contribution in [0.25, 0.3) is 11.0 Å². The molecule has 4 rings (SSSR count). The third-order valence-corrected chi connectivity index (χ3v) is 6.61. The van der Waals surface area contributed by atoms with Gasteiger partial charge < -0.3 is 20.4 Å². The maximum atomic E-state index is 8.58. The van der Waals surface area contributed by atoms with E-state index in [-0.39, 0.29) is 18.2 Å². The van der Waals surface area contributed by atoms with E-state index in [1.54, 1.807) is 18.0 Å². The van der Waals surface area contributed by atoms with E-state index in [0.717, 1.165) is 59.0 Å². The van der Waals surface area contributed by atoms with E-state index in [0.29, 0.717) is 6.54 Å². The molecule has 0 spiro atoms. The van der Waals surface area contributed by atoms with Gasteiger partial charge in [0.2, 0.25) is 5.96 Å². The second kappa shape index (κ2) is 11.2. The molecular formula is C24H29N7OS. The number of para-hydroxylation sites is 2. The number of benzene rings is 2. The van der Waals surface area contributed by atoms with Crippen molar-refractivity contribution in [1.29, 1.82) is 5.26 Å². The second-order valence-corrected chi connectivity index (χ2v) is 9.25. The van der Waals surface area contributed by atoms with E-state index in [1.165, 1.54) is 0 Å². The van der Waals surface area contributed by atoms with Gasteiger partial charge in [0.05, 0.1) is 23.7 Å². The van der Waals surface area contributed by atoms with E-state index in [4.69, 9.17) is 20.7 Å². The van der Waals surface area contributed by atoms with Crippen LogP contribution in [0.2, 0.25) is 0 Å². The van der Waals surface area contributed by atoms with Gasteiger partial charge in [-0.15, -0.1) is 11.8 Å². The Hall–Kier alpha value is -3.06. The van der Waals surface area contributed by atoms with Crippen LogP contribution in [0.15, 0.2) is 58.4 Å². The van der Waals surface area contributed by atoms with Crippen molar-refractivity contribution in [1.82, 2.24) is 20.2 Å². The number of ether oxygens (including phenoxy) is 1. The minimum atomic E-state index is -0.264. The van der Waals surface area contributed by atoms with Crippen molar-refractivity contribution >= 4 is 28.8 Å². The van der Waals surface area contributed by atoms with Gasteiger partial charge >= 0.3 is 0 Å². The molecular weight excluding hydrogens is 434 g/mol. The lowest BCUT2D eigenvalue weighted by atomic mass is 10.1. The Morgan fingerprint density at radius 1 is 1.33 bits per heavy atom. The van der Waals surface area contributed by atoms with Gasteiger partial charge in [0.25, 0.3) is 0 Å². The number of nitrogens with one attached hydrogen (secondary N) is 2. The average Bonchev–Trinajstić information content (AvgIpc) is 3.26. The number of aromatic amines is 1. The number of nitrogens with zero attached hydrogens (tertiary/aromatic N) is 4. The van der Waals surface area contributed by atoms with Crippen molar-refractivity contribution in [3.8, 4) is 6.19 Å². The molecule has 33 heavy (non-hydrogen) atoms. The maximum Gasteiger partial charge on any atom is 0.202 e. The Morgan fingerprint density at radius 2 is 2.15 bits per heavy atom. The molecule has 0 bridgehead atoms. The summed E-state index contributed by atoms with van der Waals surface area (Å²) in [5, 5.41) is 10.9. The molecule has 1 atom stereocenters. The molecule has 1 saturated heterocycles. The number of aromatic nitrogens is 2. The molecule has 1 aliphatic heterocycles. The molecule has 9 heteroatoms. The van der Waals surface area contributed by atoms with Gasteiger partial charge in [-0.05, 0) is 49.7 Å². The fourth-order valence-corrected chi connectivity index (χ4v) is 4.72. The number of H-pyrrole nitrogens is 1. The highest BCUT2D eigenvalue weighted by atomic mass is 32.2. The largest absolute Gasteiger partial charge is 0.369 e. The van der Waals surface area contributed by atoms with E-state index < -0.39 is 0 Å². The van der Waals surface area contributed by atoms with Crippen LogP contribution in [0.4, 0.5) is 0 Å². The normalized spacial score (nSPS) is 16.5. The van der Waals surface area contributed by atoms with Crippen LogP contribution in [0, 0.1) is 11.5 Å². The third kappa shape index (κ3) is 6.26. The molecule has 2 aromatic carbocycles. The highest BCUT2D eigenvalue weighted by Crippen LogP contribution is 2.32. The van der Waals surface area contributed by atoms with Crippen molar-refractivity contribution in [2.45, 2.75) is 29.9 Å². The summed E-state index contributed by atoms with van der Waals surface area (Å²) < 4.78 is 6.67. The van der Waals surface area contributed by atoms with E-state index in [2.05, 4.69) is 51.5 Å². The summed E-state index contributed by atoms with van der Waals surface area (Å²) in [6, 6.07) is 16.5. The molecule has 1 aliphatic rings. The second-order valence-electron chi connectivity index (χ2n) is 8.08. The van der Waals surface area contributed by atoms with Crippen LogP contribution in [0.3, 0.4) is 0 Å².